The van der Waals surface area contributed by atoms with Crippen molar-refractivity contribution in [3.8, 4) is 11.3 Å². The van der Waals surface area contributed by atoms with Crippen LogP contribution in [-0.4, -0.2) is 9.38 Å². The largest absolute Gasteiger partial charge is 0.306 e. The fourth-order valence-corrected chi connectivity index (χ4v) is 3.73. The number of halogens is 1. The summed E-state index contributed by atoms with van der Waals surface area (Å²) in [5, 5.41) is 1.21. The first-order valence-corrected chi connectivity index (χ1v) is 8.65. The summed E-state index contributed by atoms with van der Waals surface area (Å²) in [6, 6.07) is 27.3. The van der Waals surface area contributed by atoms with E-state index < -0.39 is 0 Å². The lowest BCUT2D eigenvalue weighted by Crippen LogP contribution is -1.95. The molecule has 0 spiro atoms. The van der Waals surface area contributed by atoms with Crippen LogP contribution in [0.15, 0.2) is 83.3 Å². The standard InChI is InChI=1S/C21H13BrN2/c22-16-10-11-18-15(12-16)13-20-21(14-6-2-1-3-7-14)23-17-8-4-5-9-19(17)24(18)20/h1-13H. The van der Waals surface area contributed by atoms with Gasteiger partial charge in [0.15, 0.2) is 0 Å². The van der Waals surface area contributed by atoms with E-state index in [-0.39, 0.29) is 0 Å². The van der Waals surface area contributed by atoms with Crippen LogP contribution in [0, 0.1) is 0 Å². The summed E-state index contributed by atoms with van der Waals surface area (Å²) in [5.41, 5.74) is 6.61. The Labute approximate surface area is 147 Å². The van der Waals surface area contributed by atoms with Crippen molar-refractivity contribution in [3.63, 3.8) is 0 Å². The van der Waals surface area contributed by atoms with Crippen LogP contribution in [0.3, 0.4) is 0 Å². The Morgan fingerprint density at radius 3 is 2.38 bits per heavy atom. The van der Waals surface area contributed by atoms with Crippen molar-refractivity contribution in [1.82, 2.24) is 9.38 Å². The monoisotopic (exact) mass is 372 g/mol. The zero-order valence-electron chi connectivity index (χ0n) is 12.8. The zero-order valence-corrected chi connectivity index (χ0v) is 14.4. The van der Waals surface area contributed by atoms with E-state index in [0.717, 1.165) is 32.3 Å². The highest BCUT2D eigenvalue weighted by Crippen LogP contribution is 2.32. The van der Waals surface area contributed by atoms with Gasteiger partial charge in [0.05, 0.1) is 27.8 Å². The Balaban J connectivity index is 2.04. The Kier molecular flexibility index (Phi) is 2.97. The molecule has 0 bridgehead atoms. The molecule has 3 heteroatoms. The van der Waals surface area contributed by atoms with Gasteiger partial charge in [-0.05, 0) is 36.4 Å². The van der Waals surface area contributed by atoms with Crippen molar-refractivity contribution in [3.05, 3.63) is 83.3 Å². The summed E-state index contributed by atoms with van der Waals surface area (Å²) in [6.45, 7) is 0. The summed E-state index contributed by atoms with van der Waals surface area (Å²) in [6.07, 6.45) is 0. The highest BCUT2D eigenvalue weighted by molar-refractivity contribution is 9.10. The van der Waals surface area contributed by atoms with Crippen LogP contribution in [0.2, 0.25) is 0 Å². The normalized spacial score (nSPS) is 11.5. The minimum absolute atomic E-state index is 1.00. The first-order valence-electron chi connectivity index (χ1n) is 7.86. The molecule has 0 unspecified atom stereocenters. The first kappa shape index (κ1) is 13.8. The summed E-state index contributed by atoms with van der Waals surface area (Å²) >= 11 is 3.58. The lowest BCUT2D eigenvalue weighted by molar-refractivity contribution is 1.27. The highest BCUT2D eigenvalue weighted by Gasteiger charge is 2.13. The molecule has 114 valence electrons. The van der Waals surface area contributed by atoms with Crippen LogP contribution in [-0.2, 0) is 0 Å². The molecule has 0 N–H and O–H groups in total. The van der Waals surface area contributed by atoms with Crippen LogP contribution < -0.4 is 0 Å². The minimum atomic E-state index is 1.00. The average Bonchev–Trinajstić information content (AvgIpc) is 3.00. The van der Waals surface area contributed by atoms with Crippen LogP contribution in [0.4, 0.5) is 0 Å². The van der Waals surface area contributed by atoms with Gasteiger partial charge in [-0.2, -0.15) is 0 Å². The second-order valence-corrected chi connectivity index (χ2v) is 6.80. The summed E-state index contributed by atoms with van der Waals surface area (Å²) in [5.74, 6) is 0. The second-order valence-electron chi connectivity index (χ2n) is 5.88. The Morgan fingerprint density at radius 2 is 1.50 bits per heavy atom. The van der Waals surface area contributed by atoms with Gasteiger partial charge in [-0.25, -0.2) is 4.98 Å². The predicted molar refractivity (Wildman–Crippen MR) is 103 cm³/mol. The van der Waals surface area contributed by atoms with Gasteiger partial charge in [0.2, 0.25) is 0 Å². The molecule has 0 aliphatic rings. The van der Waals surface area contributed by atoms with Crippen LogP contribution in [0.5, 0.6) is 0 Å². The van der Waals surface area contributed by atoms with Crippen molar-refractivity contribution in [2.45, 2.75) is 0 Å². The van der Waals surface area contributed by atoms with Crippen LogP contribution >= 0.6 is 15.9 Å². The maximum atomic E-state index is 4.96. The molecule has 0 radical (unpaired) electrons. The number of benzene rings is 3. The summed E-state index contributed by atoms with van der Waals surface area (Å²) in [4.78, 5) is 4.96. The van der Waals surface area contributed by atoms with E-state index in [2.05, 4.69) is 87.1 Å². The van der Waals surface area contributed by atoms with E-state index in [4.69, 9.17) is 4.98 Å². The average molecular weight is 373 g/mol. The molecule has 0 fully saturated rings. The van der Waals surface area contributed by atoms with Gasteiger partial charge < -0.3 is 4.40 Å². The molecule has 0 amide bonds. The number of hydrogen-bond donors (Lipinski definition) is 0. The molecule has 3 aromatic carbocycles. The van der Waals surface area contributed by atoms with E-state index in [1.807, 2.05) is 12.1 Å². The van der Waals surface area contributed by atoms with E-state index >= 15 is 0 Å². The van der Waals surface area contributed by atoms with Gasteiger partial charge in [-0.3, -0.25) is 0 Å². The SMILES string of the molecule is Brc1ccc2c(c1)cc1c(-c3ccccc3)nc3ccccc3n12. The highest BCUT2D eigenvalue weighted by atomic mass is 79.9. The number of nitrogens with zero attached hydrogens (tertiary/aromatic N) is 2. The molecule has 5 aromatic rings. The molecule has 0 aliphatic heterocycles. The molecule has 0 saturated heterocycles. The number of para-hydroxylation sites is 2. The van der Waals surface area contributed by atoms with Gasteiger partial charge >= 0.3 is 0 Å². The fourth-order valence-electron chi connectivity index (χ4n) is 3.35. The van der Waals surface area contributed by atoms with Crippen LogP contribution in [0.1, 0.15) is 0 Å². The number of rotatable bonds is 1. The van der Waals surface area contributed by atoms with Gasteiger partial charge in [0.1, 0.15) is 0 Å². The lowest BCUT2D eigenvalue weighted by atomic mass is 10.1. The van der Waals surface area contributed by atoms with E-state index in [1.54, 1.807) is 0 Å². The Hall–Kier alpha value is -2.65. The fraction of sp³-hybridized carbons (Fsp3) is 0. The Morgan fingerprint density at radius 1 is 0.708 bits per heavy atom. The van der Waals surface area contributed by atoms with Crippen molar-refractivity contribution < 1.29 is 0 Å². The molecule has 5 rings (SSSR count). The van der Waals surface area contributed by atoms with E-state index in [1.165, 1.54) is 10.9 Å². The first-order chi connectivity index (χ1) is 11.8. The third-order valence-corrected chi connectivity index (χ3v) is 4.90. The van der Waals surface area contributed by atoms with Gasteiger partial charge in [0, 0.05) is 15.4 Å². The van der Waals surface area contributed by atoms with Crippen molar-refractivity contribution in [2.75, 3.05) is 0 Å². The van der Waals surface area contributed by atoms with E-state index in [9.17, 15) is 0 Å². The van der Waals surface area contributed by atoms with Crippen LogP contribution in [0.25, 0.3) is 38.7 Å². The third kappa shape index (κ3) is 1.98. The molecule has 2 nitrogen and oxygen atoms in total. The van der Waals surface area contributed by atoms with Gasteiger partial charge in [-0.1, -0.05) is 58.4 Å². The number of aromatic nitrogens is 2. The number of hydrogen-bond acceptors (Lipinski definition) is 1. The zero-order chi connectivity index (χ0) is 16.1. The maximum absolute atomic E-state index is 4.96. The molecule has 2 aromatic heterocycles. The molecular weight excluding hydrogens is 360 g/mol. The predicted octanol–water partition coefficient (Wildman–Crippen LogP) is 6.07. The maximum Gasteiger partial charge on any atom is 0.0950 e. The third-order valence-electron chi connectivity index (χ3n) is 4.41. The van der Waals surface area contributed by atoms with Crippen molar-refractivity contribution in [1.29, 1.82) is 0 Å². The molecule has 0 atom stereocenters. The van der Waals surface area contributed by atoms with Gasteiger partial charge in [-0.15, -0.1) is 0 Å². The lowest BCUT2D eigenvalue weighted by Gasteiger charge is -2.09. The van der Waals surface area contributed by atoms with Gasteiger partial charge in [0.25, 0.3) is 0 Å². The number of fused-ring (bicyclic) bond motifs is 5. The molecule has 2 heterocycles. The second kappa shape index (κ2) is 5.18. The minimum Gasteiger partial charge on any atom is -0.306 e. The summed E-state index contributed by atoms with van der Waals surface area (Å²) in [7, 11) is 0. The molecule has 0 aliphatic carbocycles. The quantitative estimate of drug-likeness (QED) is 0.349. The van der Waals surface area contributed by atoms with E-state index in [0.29, 0.717) is 0 Å². The smallest absolute Gasteiger partial charge is 0.0950 e. The topological polar surface area (TPSA) is 17.3 Å². The van der Waals surface area contributed by atoms with Crippen molar-refractivity contribution in [2.24, 2.45) is 0 Å². The molecular formula is C21H13BrN2. The Bertz CT molecular complexity index is 1210. The molecule has 24 heavy (non-hydrogen) atoms. The molecule has 0 saturated carbocycles. The van der Waals surface area contributed by atoms with Crippen molar-refractivity contribution >= 4 is 43.4 Å². The summed E-state index contributed by atoms with van der Waals surface area (Å²) < 4.78 is 3.40.